The second-order valence-electron chi connectivity index (χ2n) is 3.30. The number of aliphatic carboxylic acids is 1. The number of rotatable bonds is 5. The lowest BCUT2D eigenvalue weighted by Crippen LogP contribution is -2.27. The van der Waals surface area contributed by atoms with Crippen LogP contribution in [0.3, 0.4) is 0 Å². The molecule has 104 valence electrons. The standard InChI is InChI=1S/C11H12BNO4.2H2O/c1-13-9(7-10(14)15)11(16)17-12-8-5-3-2-4-6-8;;/h2-6,12H,7H2,1H3,(H,14,15);2*1H2. The van der Waals surface area contributed by atoms with E-state index in [0.29, 0.717) is 0 Å². The summed E-state index contributed by atoms with van der Waals surface area (Å²) >= 11 is 0. The van der Waals surface area contributed by atoms with E-state index in [1.54, 1.807) is 0 Å². The molecule has 0 aromatic heterocycles. The molecule has 0 amide bonds. The van der Waals surface area contributed by atoms with Crippen molar-refractivity contribution in [1.82, 2.24) is 0 Å². The third-order valence-electron chi connectivity index (χ3n) is 2.04. The van der Waals surface area contributed by atoms with Gasteiger partial charge in [-0.2, -0.15) is 0 Å². The monoisotopic (exact) mass is 269 g/mol. The molecule has 0 saturated heterocycles. The van der Waals surface area contributed by atoms with Crippen LogP contribution >= 0.6 is 0 Å². The van der Waals surface area contributed by atoms with Crippen LogP contribution in [0.4, 0.5) is 0 Å². The third kappa shape index (κ3) is 6.97. The smallest absolute Gasteiger partial charge is 0.378 e. The molecule has 1 rings (SSSR count). The van der Waals surface area contributed by atoms with Crippen molar-refractivity contribution in [2.24, 2.45) is 4.99 Å². The van der Waals surface area contributed by atoms with Crippen LogP contribution in [0.15, 0.2) is 35.3 Å². The van der Waals surface area contributed by atoms with Crippen molar-refractivity contribution in [2.45, 2.75) is 6.42 Å². The molecule has 19 heavy (non-hydrogen) atoms. The molecule has 0 aliphatic rings. The Kier molecular flexibility index (Phi) is 9.89. The number of benzene rings is 1. The normalized spacial score (nSPS) is 9.63. The largest absolute Gasteiger partial charge is 0.530 e. The molecule has 1 aromatic carbocycles. The highest BCUT2D eigenvalue weighted by atomic mass is 16.5. The molecule has 0 fully saturated rings. The molecule has 8 heteroatoms. The maximum Gasteiger partial charge on any atom is 0.378 e. The van der Waals surface area contributed by atoms with E-state index >= 15 is 0 Å². The van der Waals surface area contributed by atoms with E-state index in [-0.39, 0.29) is 24.1 Å². The van der Waals surface area contributed by atoms with E-state index in [2.05, 4.69) is 4.99 Å². The highest BCUT2D eigenvalue weighted by Crippen LogP contribution is 1.91. The summed E-state index contributed by atoms with van der Waals surface area (Å²) in [5, 5.41) is 8.56. The van der Waals surface area contributed by atoms with E-state index in [1.165, 1.54) is 7.05 Å². The summed E-state index contributed by atoms with van der Waals surface area (Å²) in [4.78, 5) is 25.5. The third-order valence-corrected chi connectivity index (χ3v) is 2.04. The van der Waals surface area contributed by atoms with Crippen molar-refractivity contribution in [3.63, 3.8) is 0 Å². The predicted molar refractivity (Wildman–Crippen MR) is 72.2 cm³/mol. The molecule has 0 aliphatic heterocycles. The summed E-state index contributed by atoms with van der Waals surface area (Å²) in [6.07, 6.45) is -0.426. The molecule has 0 radical (unpaired) electrons. The Morgan fingerprint density at radius 2 is 1.84 bits per heavy atom. The van der Waals surface area contributed by atoms with Gasteiger partial charge in [-0.15, -0.1) is 0 Å². The lowest BCUT2D eigenvalue weighted by Gasteiger charge is -2.04. The van der Waals surface area contributed by atoms with Gasteiger partial charge in [0.05, 0.1) is 6.42 Å². The molecule has 0 heterocycles. The number of nitrogens with zero attached hydrogens (tertiary/aromatic N) is 1. The predicted octanol–water partition coefficient (Wildman–Crippen LogP) is -1.90. The maximum absolute atomic E-state index is 11.5. The molecule has 0 spiro atoms. The van der Waals surface area contributed by atoms with Gasteiger partial charge in [0.2, 0.25) is 0 Å². The Labute approximate surface area is 110 Å². The van der Waals surface area contributed by atoms with Crippen molar-refractivity contribution in [1.29, 1.82) is 0 Å². The molecule has 0 unspecified atom stereocenters. The first kappa shape index (κ1) is 19.2. The first-order chi connectivity index (χ1) is 8.13. The van der Waals surface area contributed by atoms with Gasteiger partial charge in [0.25, 0.3) is 0 Å². The Balaban J connectivity index is 0. The summed E-state index contributed by atoms with van der Waals surface area (Å²) < 4.78 is 4.95. The first-order valence-electron chi connectivity index (χ1n) is 5.02. The summed E-state index contributed by atoms with van der Waals surface area (Å²) in [5.74, 6) is -1.80. The Morgan fingerprint density at radius 1 is 1.26 bits per heavy atom. The molecule has 0 bridgehead atoms. The van der Waals surface area contributed by atoms with Gasteiger partial charge in [0.15, 0.2) is 0 Å². The Morgan fingerprint density at radius 3 is 2.32 bits per heavy atom. The second-order valence-corrected chi connectivity index (χ2v) is 3.30. The number of carboxylic acids is 1. The van der Waals surface area contributed by atoms with E-state index < -0.39 is 18.4 Å². The number of hydrogen-bond donors (Lipinski definition) is 1. The minimum absolute atomic E-state index is 0. The summed E-state index contributed by atoms with van der Waals surface area (Å²) in [7, 11) is 1.47. The van der Waals surface area contributed by atoms with Crippen LogP contribution in [0, 0.1) is 0 Å². The average molecular weight is 269 g/mol. The van der Waals surface area contributed by atoms with E-state index in [4.69, 9.17) is 9.76 Å². The number of carbonyl (C=O) groups is 2. The fourth-order valence-corrected chi connectivity index (χ4v) is 1.19. The summed E-state index contributed by atoms with van der Waals surface area (Å²) in [6.45, 7) is 0. The SMILES string of the molecule is CN=C(CC(=O)O)C(=O)OBc1ccccc1.O.O. The quantitative estimate of drug-likeness (QED) is 0.492. The van der Waals surface area contributed by atoms with Crippen LogP contribution in [0.1, 0.15) is 6.42 Å². The molecule has 7 nitrogen and oxygen atoms in total. The van der Waals surface area contributed by atoms with Crippen LogP contribution in [-0.4, -0.2) is 48.2 Å². The fraction of sp³-hybridized carbons (Fsp3) is 0.182. The maximum atomic E-state index is 11.5. The van der Waals surface area contributed by atoms with Crippen LogP contribution in [0.2, 0.25) is 0 Å². The Hall–Kier alpha value is -2.19. The molecule has 0 atom stereocenters. The number of carboxylic acid groups (broad SMARTS) is 1. The van der Waals surface area contributed by atoms with Crippen LogP contribution in [-0.2, 0) is 14.2 Å². The van der Waals surface area contributed by atoms with Gasteiger partial charge in [0, 0.05) is 7.05 Å². The zero-order chi connectivity index (χ0) is 12.7. The number of carbonyl (C=O) groups excluding carboxylic acids is 1. The second kappa shape index (κ2) is 9.81. The zero-order valence-electron chi connectivity index (χ0n) is 10.4. The minimum atomic E-state index is -1.11. The van der Waals surface area contributed by atoms with Crippen molar-refractivity contribution in [3.8, 4) is 0 Å². The zero-order valence-corrected chi connectivity index (χ0v) is 10.4. The van der Waals surface area contributed by atoms with Gasteiger partial charge < -0.3 is 20.7 Å². The van der Waals surface area contributed by atoms with Gasteiger partial charge in [-0.1, -0.05) is 30.3 Å². The lowest BCUT2D eigenvalue weighted by atomic mass is 9.88. The van der Waals surface area contributed by atoms with E-state index in [0.717, 1.165) is 5.46 Å². The van der Waals surface area contributed by atoms with Gasteiger partial charge >= 0.3 is 19.4 Å². The number of hydrogen-bond acceptors (Lipinski definition) is 4. The van der Waals surface area contributed by atoms with Crippen LogP contribution < -0.4 is 5.46 Å². The van der Waals surface area contributed by atoms with Gasteiger partial charge in [-0.25, -0.2) is 4.79 Å². The van der Waals surface area contributed by atoms with Crippen LogP contribution in [0.5, 0.6) is 0 Å². The molecule has 0 saturated carbocycles. The van der Waals surface area contributed by atoms with Crippen molar-refractivity contribution in [2.75, 3.05) is 7.05 Å². The average Bonchev–Trinajstić information content (AvgIpc) is 2.34. The summed E-state index contributed by atoms with van der Waals surface area (Å²) in [6, 6.07) is 9.14. The van der Waals surface area contributed by atoms with E-state index in [9.17, 15) is 9.59 Å². The van der Waals surface area contributed by atoms with Gasteiger partial charge in [0.1, 0.15) is 5.71 Å². The summed E-state index contributed by atoms with van der Waals surface area (Å²) in [5.41, 5.74) is 0.750. The number of aliphatic imine (C=N–C) groups is 1. The Bertz CT molecular complexity index is 434. The molecule has 1 aromatic rings. The van der Waals surface area contributed by atoms with Gasteiger partial charge in [-0.3, -0.25) is 9.79 Å². The van der Waals surface area contributed by atoms with Crippen molar-refractivity contribution >= 4 is 30.6 Å². The fourth-order valence-electron chi connectivity index (χ4n) is 1.19. The minimum Gasteiger partial charge on any atom is -0.530 e. The molecule has 0 aliphatic carbocycles. The first-order valence-corrected chi connectivity index (χ1v) is 5.02. The van der Waals surface area contributed by atoms with Crippen molar-refractivity contribution < 1.29 is 30.3 Å². The van der Waals surface area contributed by atoms with Crippen LogP contribution in [0.25, 0.3) is 0 Å². The van der Waals surface area contributed by atoms with E-state index in [1.807, 2.05) is 30.3 Å². The topological polar surface area (TPSA) is 139 Å². The molecular weight excluding hydrogens is 253 g/mol. The van der Waals surface area contributed by atoms with Crippen molar-refractivity contribution in [3.05, 3.63) is 30.3 Å². The van der Waals surface area contributed by atoms with Gasteiger partial charge in [-0.05, 0) is 5.46 Å². The molecular formula is C11H16BNO6. The molecule has 5 N–H and O–H groups in total. The highest BCUT2D eigenvalue weighted by Gasteiger charge is 2.16. The lowest BCUT2D eigenvalue weighted by molar-refractivity contribution is -0.136. The highest BCUT2D eigenvalue weighted by molar-refractivity contribution is 6.53.